The summed E-state index contributed by atoms with van der Waals surface area (Å²) in [5.74, 6) is 0.184. The van der Waals surface area contributed by atoms with Crippen LogP contribution in [0.5, 0.6) is 0 Å². The van der Waals surface area contributed by atoms with Crippen LogP contribution < -0.4 is 15.5 Å². The zero-order chi connectivity index (χ0) is 24.1. The number of amides is 3. The molecule has 34 heavy (non-hydrogen) atoms. The summed E-state index contributed by atoms with van der Waals surface area (Å²) in [5.41, 5.74) is 2.48. The van der Waals surface area contributed by atoms with E-state index in [0.717, 1.165) is 38.3 Å². The van der Waals surface area contributed by atoms with Crippen LogP contribution in [0.1, 0.15) is 49.0 Å². The average Bonchev–Trinajstić information content (AvgIpc) is 2.97. The van der Waals surface area contributed by atoms with E-state index in [1.54, 1.807) is 18.3 Å². The van der Waals surface area contributed by atoms with Crippen molar-refractivity contribution in [1.29, 1.82) is 0 Å². The number of benzene rings is 1. The molecule has 8 nitrogen and oxygen atoms in total. The number of carbonyl (C=O) groups excluding carboxylic acids is 2. The predicted octanol–water partition coefficient (Wildman–Crippen LogP) is 4.00. The van der Waals surface area contributed by atoms with Crippen LogP contribution in [-0.2, 0) is 0 Å². The van der Waals surface area contributed by atoms with Crippen molar-refractivity contribution in [3.05, 3.63) is 47.7 Å². The van der Waals surface area contributed by atoms with Crippen LogP contribution in [0.4, 0.5) is 22.0 Å². The van der Waals surface area contributed by atoms with Gasteiger partial charge in [0, 0.05) is 31.9 Å². The molecule has 3 heterocycles. The van der Waals surface area contributed by atoms with Crippen molar-refractivity contribution >= 4 is 29.1 Å². The Kier molecular flexibility index (Phi) is 7.80. The number of aromatic nitrogens is 1. The average molecular weight is 465 g/mol. The lowest BCUT2D eigenvalue weighted by Crippen LogP contribution is -2.50. The maximum Gasteiger partial charge on any atom is 0.327 e. The summed E-state index contributed by atoms with van der Waals surface area (Å²) in [5, 5.41) is 5.99. The number of nitrogens with zero attached hydrogens (tertiary/aromatic N) is 4. The van der Waals surface area contributed by atoms with Crippen LogP contribution in [0, 0.1) is 6.92 Å². The third-order valence-electron chi connectivity index (χ3n) is 6.88. The minimum absolute atomic E-state index is 0.240. The third kappa shape index (κ3) is 5.23. The molecule has 1 saturated heterocycles. The first-order valence-electron chi connectivity index (χ1n) is 12.4. The van der Waals surface area contributed by atoms with Gasteiger partial charge in [-0.3, -0.25) is 9.69 Å². The third-order valence-corrected chi connectivity index (χ3v) is 6.88. The number of hydrogen-bond donors (Lipinski definition) is 2. The lowest BCUT2D eigenvalue weighted by molar-refractivity contribution is 0.102. The number of hydrogen-bond acceptors (Lipinski definition) is 5. The number of urea groups is 1. The summed E-state index contributed by atoms with van der Waals surface area (Å²) in [6.45, 7) is 12.0. The molecule has 0 bridgehead atoms. The number of aryl methyl sites for hydroxylation is 1. The van der Waals surface area contributed by atoms with Gasteiger partial charge in [0.15, 0.2) is 5.82 Å². The summed E-state index contributed by atoms with van der Waals surface area (Å²) < 4.78 is 0. The summed E-state index contributed by atoms with van der Waals surface area (Å²) in [6.07, 6.45) is 5.30. The van der Waals surface area contributed by atoms with E-state index in [9.17, 15) is 9.59 Å². The molecule has 1 atom stereocenters. The number of piperidine rings is 1. The van der Waals surface area contributed by atoms with Crippen LogP contribution in [0.2, 0.25) is 0 Å². The van der Waals surface area contributed by atoms with Gasteiger partial charge in [0.25, 0.3) is 5.91 Å². The van der Waals surface area contributed by atoms with Crippen molar-refractivity contribution in [3.63, 3.8) is 0 Å². The van der Waals surface area contributed by atoms with E-state index in [4.69, 9.17) is 0 Å². The molecule has 0 radical (unpaired) electrons. The largest absolute Gasteiger partial charge is 0.336 e. The summed E-state index contributed by atoms with van der Waals surface area (Å²) in [4.78, 5) is 37.3. The van der Waals surface area contributed by atoms with Crippen molar-refractivity contribution in [3.8, 4) is 0 Å². The van der Waals surface area contributed by atoms with E-state index < -0.39 is 0 Å². The minimum atomic E-state index is -0.279. The fourth-order valence-electron chi connectivity index (χ4n) is 4.94. The number of nitrogens with one attached hydrogen (secondary N) is 2. The second-order valence-corrected chi connectivity index (χ2v) is 9.09. The molecular formula is C26H36N6O2. The maximum atomic E-state index is 13.5. The Morgan fingerprint density at radius 1 is 1.24 bits per heavy atom. The molecular weight excluding hydrogens is 428 g/mol. The van der Waals surface area contributed by atoms with E-state index in [1.807, 2.05) is 25.1 Å². The van der Waals surface area contributed by atoms with Crippen LogP contribution in [0.25, 0.3) is 0 Å². The van der Waals surface area contributed by atoms with Gasteiger partial charge in [-0.2, -0.15) is 0 Å². The topological polar surface area (TPSA) is 80.8 Å². The number of likely N-dealkylation sites (tertiary alicyclic amines) is 1. The highest BCUT2D eigenvalue weighted by Gasteiger charge is 2.31. The fraction of sp³-hybridized carbons (Fsp3) is 0.500. The van der Waals surface area contributed by atoms with Crippen LogP contribution in [0.15, 0.2) is 36.5 Å². The van der Waals surface area contributed by atoms with Crippen LogP contribution >= 0.6 is 0 Å². The normalized spacial score (nSPS) is 18.2. The number of pyridine rings is 1. The lowest BCUT2D eigenvalue weighted by atomic mass is 10.0. The van der Waals surface area contributed by atoms with Crippen molar-refractivity contribution in [2.45, 2.75) is 46.1 Å². The van der Waals surface area contributed by atoms with E-state index in [2.05, 4.69) is 39.3 Å². The van der Waals surface area contributed by atoms with Gasteiger partial charge in [0.2, 0.25) is 0 Å². The second kappa shape index (κ2) is 11.0. The molecule has 182 valence electrons. The highest BCUT2D eigenvalue weighted by atomic mass is 16.2. The molecule has 1 fully saturated rings. The Balaban J connectivity index is 1.49. The van der Waals surface area contributed by atoms with Gasteiger partial charge in [0.05, 0.1) is 16.9 Å². The number of anilines is 3. The molecule has 1 aromatic heterocycles. The molecule has 0 aliphatic carbocycles. The molecule has 2 N–H and O–H groups in total. The number of likely N-dealkylation sites (N-methyl/N-ethyl adjacent to an activating group) is 1. The van der Waals surface area contributed by atoms with Crippen molar-refractivity contribution in [2.24, 2.45) is 0 Å². The summed E-state index contributed by atoms with van der Waals surface area (Å²) >= 11 is 0. The predicted molar refractivity (Wildman–Crippen MR) is 136 cm³/mol. The van der Waals surface area contributed by atoms with Crippen LogP contribution in [0.3, 0.4) is 0 Å². The van der Waals surface area contributed by atoms with Gasteiger partial charge in [-0.25, -0.2) is 14.7 Å². The molecule has 8 heteroatoms. The summed E-state index contributed by atoms with van der Waals surface area (Å²) in [6, 6.07) is 9.30. The summed E-state index contributed by atoms with van der Waals surface area (Å²) in [7, 11) is 0. The van der Waals surface area contributed by atoms with Gasteiger partial charge in [-0.15, -0.1) is 0 Å². The smallest absolute Gasteiger partial charge is 0.327 e. The zero-order valence-electron chi connectivity index (χ0n) is 20.5. The first-order chi connectivity index (χ1) is 16.5. The fourth-order valence-corrected chi connectivity index (χ4v) is 4.94. The molecule has 0 spiro atoms. The molecule has 0 saturated carbocycles. The van der Waals surface area contributed by atoms with E-state index in [1.165, 1.54) is 24.2 Å². The Morgan fingerprint density at radius 2 is 2.06 bits per heavy atom. The van der Waals surface area contributed by atoms with Gasteiger partial charge in [-0.1, -0.05) is 31.9 Å². The molecule has 3 amide bonds. The number of fused-ring (bicyclic) bond motifs is 2. The van der Waals surface area contributed by atoms with E-state index in [0.29, 0.717) is 35.3 Å². The van der Waals surface area contributed by atoms with Gasteiger partial charge in [-0.05, 0) is 63.7 Å². The van der Waals surface area contributed by atoms with Crippen LogP contribution in [-0.4, -0.2) is 72.0 Å². The van der Waals surface area contributed by atoms with Crippen molar-refractivity contribution < 1.29 is 9.59 Å². The molecule has 1 aromatic carbocycles. The zero-order valence-corrected chi connectivity index (χ0v) is 20.5. The SMILES string of the molecule is CCN(CC)CC1CCCCN1CCNC(=O)N1c2ccc(C)cc2C(=O)Nc2cccnc21. The number of carbonyl (C=O) groups is 2. The lowest BCUT2D eigenvalue weighted by Gasteiger charge is -2.38. The Morgan fingerprint density at radius 3 is 2.85 bits per heavy atom. The minimum Gasteiger partial charge on any atom is -0.336 e. The van der Waals surface area contributed by atoms with Gasteiger partial charge in [0.1, 0.15) is 0 Å². The molecule has 2 aliphatic heterocycles. The van der Waals surface area contributed by atoms with Gasteiger partial charge < -0.3 is 15.5 Å². The molecule has 2 aromatic rings. The first kappa shape index (κ1) is 24.2. The van der Waals surface area contributed by atoms with E-state index >= 15 is 0 Å². The van der Waals surface area contributed by atoms with Crippen molar-refractivity contribution in [1.82, 2.24) is 20.1 Å². The monoisotopic (exact) mass is 464 g/mol. The first-order valence-corrected chi connectivity index (χ1v) is 12.4. The standard InChI is InChI=1S/C26H36N6O2/c1-4-30(5-2)18-20-9-6-7-15-31(20)16-14-28-26(34)32-23-12-11-19(3)17-21(23)25(33)29-22-10-8-13-27-24(22)32/h8,10-13,17,20H,4-7,9,14-16,18H2,1-3H3,(H,28,34)(H,29,33). The molecule has 2 aliphatic rings. The quantitative estimate of drug-likeness (QED) is 0.647. The Labute approximate surface area is 202 Å². The molecule has 1 unspecified atom stereocenters. The Hall–Kier alpha value is -2.97. The maximum absolute atomic E-state index is 13.5. The van der Waals surface area contributed by atoms with E-state index in [-0.39, 0.29) is 11.9 Å². The van der Waals surface area contributed by atoms with Crippen molar-refractivity contribution in [2.75, 3.05) is 49.5 Å². The Bertz CT molecular complexity index is 1020. The van der Waals surface area contributed by atoms with Gasteiger partial charge >= 0.3 is 6.03 Å². The second-order valence-electron chi connectivity index (χ2n) is 9.09. The number of rotatable bonds is 7. The highest BCUT2D eigenvalue weighted by Crippen LogP contribution is 2.36. The molecule has 4 rings (SSSR count). The highest BCUT2D eigenvalue weighted by molar-refractivity contribution is 6.16.